The Morgan fingerprint density at radius 2 is 2.05 bits per heavy atom. The number of aromatic nitrogens is 2. The first kappa shape index (κ1) is 12.2. The van der Waals surface area contributed by atoms with Crippen molar-refractivity contribution in [3.05, 3.63) is 24.3 Å². The van der Waals surface area contributed by atoms with Crippen LogP contribution in [-0.4, -0.2) is 30.1 Å². The predicted molar refractivity (Wildman–Crippen MR) is 79.7 cm³/mol. The van der Waals surface area contributed by atoms with Crippen molar-refractivity contribution >= 4 is 22.7 Å². The number of para-hydroxylation sites is 1. The van der Waals surface area contributed by atoms with Crippen LogP contribution in [0.15, 0.2) is 24.3 Å². The standard InChI is InChI=1S/C15H20N4/c1-3-16-15-17-13-7-5-4-6-12(13)14(18-15)19(2)10-11-8-9-11/h4-7,11H,3,8-10H2,1-2H3,(H,16,17,18). The summed E-state index contributed by atoms with van der Waals surface area (Å²) in [5.41, 5.74) is 1.01. The van der Waals surface area contributed by atoms with E-state index in [1.54, 1.807) is 0 Å². The lowest BCUT2D eigenvalue weighted by Crippen LogP contribution is -2.22. The Kier molecular flexibility index (Phi) is 3.23. The highest BCUT2D eigenvalue weighted by Crippen LogP contribution is 2.32. The number of fused-ring (bicyclic) bond motifs is 1. The first-order valence-corrected chi connectivity index (χ1v) is 6.99. The number of hydrogen-bond donors (Lipinski definition) is 1. The lowest BCUT2D eigenvalue weighted by atomic mass is 10.2. The molecule has 2 aromatic rings. The molecule has 0 unspecified atom stereocenters. The number of hydrogen-bond acceptors (Lipinski definition) is 4. The average Bonchev–Trinajstić information content (AvgIpc) is 3.22. The van der Waals surface area contributed by atoms with Gasteiger partial charge in [0.25, 0.3) is 0 Å². The normalized spacial score (nSPS) is 14.6. The summed E-state index contributed by atoms with van der Waals surface area (Å²) in [5, 5.41) is 4.35. The fourth-order valence-corrected chi connectivity index (χ4v) is 2.36. The Balaban J connectivity index is 2.02. The molecule has 0 saturated heterocycles. The Hall–Kier alpha value is -1.84. The van der Waals surface area contributed by atoms with Crippen LogP contribution < -0.4 is 10.2 Å². The fraction of sp³-hybridized carbons (Fsp3) is 0.467. The van der Waals surface area contributed by atoms with E-state index in [0.717, 1.165) is 41.7 Å². The van der Waals surface area contributed by atoms with Crippen molar-refractivity contribution in [2.24, 2.45) is 5.92 Å². The van der Waals surface area contributed by atoms with E-state index in [0.29, 0.717) is 0 Å². The van der Waals surface area contributed by atoms with Crippen LogP contribution in [0.2, 0.25) is 0 Å². The fourth-order valence-electron chi connectivity index (χ4n) is 2.36. The Morgan fingerprint density at radius 3 is 2.79 bits per heavy atom. The topological polar surface area (TPSA) is 41.1 Å². The molecule has 19 heavy (non-hydrogen) atoms. The molecule has 1 fully saturated rings. The smallest absolute Gasteiger partial charge is 0.225 e. The zero-order valence-electron chi connectivity index (χ0n) is 11.6. The molecule has 0 aliphatic heterocycles. The van der Waals surface area contributed by atoms with Crippen molar-refractivity contribution in [1.82, 2.24) is 9.97 Å². The third-order valence-electron chi connectivity index (χ3n) is 3.51. The Labute approximate surface area is 113 Å². The van der Waals surface area contributed by atoms with Gasteiger partial charge in [-0.3, -0.25) is 0 Å². The lowest BCUT2D eigenvalue weighted by molar-refractivity contribution is 0.779. The molecule has 3 rings (SSSR count). The molecule has 1 aliphatic rings. The molecule has 1 heterocycles. The van der Waals surface area contributed by atoms with Crippen molar-refractivity contribution in [3.8, 4) is 0 Å². The predicted octanol–water partition coefficient (Wildman–Crippen LogP) is 2.91. The molecule has 0 radical (unpaired) electrons. The van der Waals surface area contributed by atoms with E-state index < -0.39 is 0 Å². The summed E-state index contributed by atoms with van der Waals surface area (Å²) in [6.45, 7) is 3.99. The van der Waals surface area contributed by atoms with Gasteiger partial charge in [-0.05, 0) is 37.8 Å². The van der Waals surface area contributed by atoms with Gasteiger partial charge in [-0.1, -0.05) is 12.1 Å². The summed E-state index contributed by atoms with van der Waals surface area (Å²) in [4.78, 5) is 11.5. The summed E-state index contributed by atoms with van der Waals surface area (Å²) in [6, 6.07) is 8.22. The van der Waals surface area contributed by atoms with E-state index in [1.165, 1.54) is 12.8 Å². The van der Waals surface area contributed by atoms with Crippen molar-refractivity contribution in [1.29, 1.82) is 0 Å². The van der Waals surface area contributed by atoms with Crippen LogP contribution >= 0.6 is 0 Å². The number of anilines is 2. The van der Waals surface area contributed by atoms with Crippen LogP contribution in [0.3, 0.4) is 0 Å². The zero-order chi connectivity index (χ0) is 13.2. The first-order valence-electron chi connectivity index (χ1n) is 6.99. The quantitative estimate of drug-likeness (QED) is 0.893. The molecule has 1 saturated carbocycles. The number of benzene rings is 1. The van der Waals surface area contributed by atoms with E-state index in [4.69, 9.17) is 0 Å². The minimum atomic E-state index is 0.721. The number of nitrogens with one attached hydrogen (secondary N) is 1. The van der Waals surface area contributed by atoms with Gasteiger partial charge in [-0.2, -0.15) is 4.98 Å². The highest BCUT2D eigenvalue weighted by atomic mass is 15.2. The van der Waals surface area contributed by atoms with Gasteiger partial charge in [0, 0.05) is 25.5 Å². The molecule has 0 atom stereocenters. The molecular weight excluding hydrogens is 236 g/mol. The lowest BCUT2D eigenvalue weighted by Gasteiger charge is -2.20. The van der Waals surface area contributed by atoms with Crippen LogP contribution in [0.25, 0.3) is 10.9 Å². The van der Waals surface area contributed by atoms with Crippen LogP contribution in [0.5, 0.6) is 0 Å². The zero-order valence-corrected chi connectivity index (χ0v) is 11.6. The second-order valence-electron chi connectivity index (χ2n) is 5.24. The van der Waals surface area contributed by atoms with Gasteiger partial charge < -0.3 is 10.2 Å². The monoisotopic (exact) mass is 256 g/mol. The van der Waals surface area contributed by atoms with Crippen LogP contribution in [0.1, 0.15) is 19.8 Å². The van der Waals surface area contributed by atoms with Gasteiger partial charge in [-0.25, -0.2) is 4.98 Å². The third-order valence-corrected chi connectivity index (χ3v) is 3.51. The molecule has 1 aromatic heterocycles. The van der Waals surface area contributed by atoms with Gasteiger partial charge in [0.15, 0.2) is 0 Å². The minimum Gasteiger partial charge on any atom is -0.359 e. The molecule has 100 valence electrons. The maximum absolute atomic E-state index is 4.68. The molecule has 1 N–H and O–H groups in total. The summed E-state index contributed by atoms with van der Waals surface area (Å²) in [6.07, 6.45) is 2.71. The molecule has 1 aliphatic carbocycles. The van der Waals surface area contributed by atoms with Gasteiger partial charge in [0.05, 0.1) is 5.52 Å². The van der Waals surface area contributed by atoms with E-state index in [1.807, 2.05) is 18.2 Å². The molecule has 0 amide bonds. The summed E-state index contributed by atoms with van der Waals surface area (Å²) >= 11 is 0. The van der Waals surface area contributed by atoms with Crippen LogP contribution in [0, 0.1) is 5.92 Å². The highest BCUT2D eigenvalue weighted by molar-refractivity contribution is 5.90. The van der Waals surface area contributed by atoms with E-state index >= 15 is 0 Å². The van der Waals surface area contributed by atoms with Crippen LogP contribution in [0.4, 0.5) is 11.8 Å². The van der Waals surface area contributed by atoms with Crippen LogP contribution in [-0.2, 0) is 0 Å². The maximum atomic E-state index is 4.68. The van der Waals surface area contributed by atoms with Crippen molar-refractivity contribution in [2.45, 2.75) is 19.8 Å². The largest absolute Gasteiger partial charge is 0.359 e. The molecule has 0 bridgehead atoms. The van der Waals surface area contributed by atoms with E-state index in [2.05, 4.69) is 40.2 Å². The van der Waals surface area contributed by atoms with Gasteiger partial charge in [0.2, 0.25) is 5.95 Å². The summed E-state index contributed by atoms with van der Waals surface area (Å²) < 4.78 is 0. The van der Waals surface area contributed by atoms with Gasteiger partial charge in [-0.15, -0.1) is 0 Å². The molecular formula is C15H20N4. The second kappa shape index (κ2) is 5.03. The van der Waals surface area contributed by atoms with E-state index in [-0.39, 0.29) is 0 Å². The van der Waals surface area contributed by atoms with Crippen molar-refractivity contribution in [2.75, 3.05) is 30.4 Å². The molecule has 4 nitrogen and oxygen atoms in total. The summed E-state index contributed by atoms with van der Waals surface area (Å²) in [7, 11) is 2.13. The Bertz CT molecular complexity index is 577. The molecule has 0 spiro atoms. The highest BCUT2D eigenvalue weighted by Gasteiger charge is 2.24. The molecule has 4 heteroatoms. The SMILES string of the molecule is CCNc1nc(N(C)CC2CC2)c2ccccc2n1. The second-order valence-corrected chi connectivity index (χ2v) is 5.24. The van der Waals surface area contributed by atoms with Crippen molar-refractivity contribution in [3.63, 3.8) is 0 Å². The van der Waals surface area contributed by atoms with Gasteiger partial charge in [0.1, 0.15) is 5.82 Å². The third kappa shape index (κ3) is 2.62. The van der Waals surface area contributed by atoms with Gasteiger partial charge >= 0.3 is 0 Å². The molecule has 1 aromatic carbocycles. The first-order chi connectivity index (χ1) is 9.28. The number of nitrogens with zero attached hydrogens (tertiary/aromatic N) is 3. The van der Waals surface area contributed by atoms with Crippen molar-refractivity contribution < 1.29 is 0 Å². The Morgan fingerprint density at radius 1 is 1.26 bits per heavy atom. The minimum absolute atomic E-state index is 0.721. The number of rotatable bonds is 5. The summed E-state index contributed by atoms with van der Waals surface area (Å²) in [5.74, 6) is 2.61. The maximum Gasteiger partial charge on any atom is 0.225 e. The van der Waals surface area contributed by atoms with E-state index in [9.17, 15) is 0 Å². The average molecular weight is 256 g/mol.